The molecule has 182 valence electrons. The fourth-order valence-electron chi connectivity index (χ4n) is 3.76. The normalized spacial score (nSPS) is 11.4. The number of amides is 1. The highest BCUT2D eigenvalue weighted by atomic mass is 16.6. The number of carboxylic acids is 1. The van der Waals surface area contributed by atoms with Crippen molar-refractivity contribution in [1.29, 1.82) is 0 Å². The minimum absolute atomic E-state index is 0.0398. The molecule has 0 bridgehead atoms. The van der Waals surface area contributed by atoms with Crippen LogP contribution in [-0.4, -0.2) is 23.2 Å². The molecule has 4 aromatic carbocycles. The zero-order valence-corrected chi connectivity index (χ0v) is 19.9. The molecule has 4 aromatic rings. The highest BCUT2D eigenvalue weighted by Crippen LogP contribution is 2.33. The Morgan fingerprint density at radius 2 is 1.31 bits per heavy atom. The van der Waals surface area contributed by atoms with Gasteiger partial charge in [-0.25, -0.2) is 9.59 Å². The summed E-state index contributed by atoms with van der Waals surface area (Å²) in [5, 5.41) is 9.73. The molecule has 0 spiro atoms. The van der Waals surface area contributed by atoms with E-state index in [2.05, 4.69) is 0 Å². The van der Waals surface area contributed by atoms with Crippen LogP contribution in [0.5, 0.6) is 5.75 Å². The van der Waals surface area contributed by atoms with Crippen molar-refractivity contribution in [2.75, 3.05) is 4.90 Å². The van der Waals surface area contributed by atoms with Gasteiger partial charge in [0, 0.05) is 5.56 Å². The molecule has 1 amide bonds. The van der Waals surface area contributed by atoms with Gasteiger partial charge in [-0.15, -0.1) is 0 Å². The second kappa shape index (κ2) is 11.7. The first kappa shape index (κ1) is 24.5. The van der Waals surface area contributed by atoms with Crippen LogP contribution in [0.1, 0.15) is 18.1 Å². The van der Waals surface area contributed by atoms with Gasteiger partial charge in [0.2, 0.25) is 0 Å². The maximum atomic E-state index is 13.1. The van der Waals surface area contributed by atoms with Gasteiger partial charge in [-0.2, -0.15) is 0 Å². The largest absolute Gasteiger partial charge is 0.489 e. The third-order valence-electron chi connectivity index (χ3n) is 5.72. The lowest BCUT2D eigenvalue weighted by Gasteiger charge is -2.28. The van der Waals surface area contributed by atoms with Crippen LogP contribution in [-0.2, 0) is 22.7 Å². The number of nitrogens with zero attached hydrogens (tertiary/aromatic N) is 1. The summed E-state index contributed by atoms with van der Waals surface area (Å²) >= 11 is 0. The molecule has 0 saturated heterocycles. The molecule has 4 rings (SSSR count). The van der Waals surface area contributed by atoms with Crippen LogP contribution in [0, 0.1) is 0 Å². The molecule has 1 N–H and O–H groups in total. The number of rotatable bonds is 9. The van der Waals surface area contributed by atoms with Crippen molar-refractivity contribution in [2.24, 2.45) is 0 Å². The predicted molar refractivity (Wildman–Crippen MR) is 139 cm³/mol. The number of aliphatic carboxylic acids is 1. The highest BCUT2D eigenvalue weighted by molar-refractivity contribution is 5.99. The third-order valence-corrected chi connectivity index (χ3v) is 5.72. The van der Waals surface area contributed by atoms with Crippen LogP contribution in [0.15, 0.2) is 109 Å². The SMILES string of the molecule is C[C@@H](C(=O)O)N(C(=O)OCc1ccccc1)c1ccccc1-c1ccc(OCc2ccccc2)cc1. The average molecular weight is 482 g/mol. The molecule has 0 heterocycles. The molecule has 0 aliphatic carbocycles. The first-order valence-electron chi connectivity index (χ1n) is 11.6. The van der Waals surface area contributed by atoms with Gasteiger partial charge < -0.3 is 14.6 Å². The maximum Gasteiger partial charge on any atom is 0.415 e. The van der Waals surface area contributed by atoms with Gasteiger partial charge in [0.15, 0.2) is 0 Å². The quantitative estimate of drug-likeness (QED) is 0.293. The summed E-state index contributed by atoms with van der Waals surface area (Å²) in [4.78, 5) is 26.2. The Hall–Kier alpha value is -4.58. The van der Waals surface area contributed by atoms with Crippen molar-refractivity contribution in [3.05, 3.63) is 120 Å². The molecule has 6 nitrogen and oxygen atoms in total. The van der Waals surface area contributed by atoms with Crippen molar-refractivity contribution in [2.45, 2.75) is 26.2 Å². The summed E-state index contributed by atoms with van der Waals surface area (Å²) in [6.07, 6.45) is -0.732. The van der Waals surface area contributed by atoms with E-state index in [0.717, 1.165) is 16.7 Å². The monoisotopic (exact) mass is 481 g/mol. The lowest BCUT2D eigenvalue weighted by Crippen LogP contribution is -2.44. The molecular formula is C30H27NO5. The first-order valence-corrected chi connectivity index (χ1v) is 11.6. The Bertz CT molecular complexity index is 1290. The number of hydrogen-bond donors (Lipinski definition) is 1. The molecule has 1 atom stereocenters. The molecule has 0 aliphatic heterocycles. The van der Waals surface area contributed by atoms with Crippen molar-refractivity contribution in [1.82, 2.24) is 0 Å². The van der Waals surface area contributed by atoms with Gasteiger partial charge in [-0.05, 0) is 41.8 Å². The first-order chi connectivity index (χ1) is 17.5. The number of para-hydroxylation sites is 1. The second-order valence-electron chi connectivity index (χ2n) is 8.24. The van der Waals surface area contributed by atoms with Gasteiger partial charge in [0.25, 0.3) is 0 Å². The van der Waals surface area contributed by atoms with Crippen LogP contribution in [0.3, 0.4) is 0 Å². The van der Waals surface area contributed by atoms with Crippen molar-refractivity contribution in [3.8, 4) is 16.9 Å². The molecule has 0 unspecified atom stereocenters. The zero-order chi connectivity index (χ0) is 25.3. The Kier molecular flexibility index (Phi) is 7.98. The fourth-order valence-corrected chi connectivity index (χ4v) is 3.76. The number of carbonyl (C=O) groups excluding carboxylic acids is 1. The Labute approximate surface area is 210 Å². The lowest BCUT2D eigenvalue weighted by molar-refractivity contribution is -0.138. The van der Waals surface area contributed by atoms with Gasteiger partial charge in [0.05, 0.1) is 5.69 Å². The van der Waals surface area contributed by atoms with E-state index in [1.54, 1.807) is 12.1 Å². The molecule has 0 radical (unpaired) electrons. The van der Waals surface area contributed by atoms with Gasteiger partial charge in [0.1, 0.15) is 25.0 Å². The Morgan fingerprint density at radius 3 is 1.92 bits per heavy atom. The van der Waals surface area contributed by atoms with Crippen molar-refractivity contribution >= 4 is 17.7 Å². The number of benzene rings is 4. The standard InChI is InChI=1S/C30H27NO5/c1-22(29(32)33)31(30(34)36-21-24-12-6-3-7-13-24)28-15-9-8-14-27(28)25-16-18-26(19-17-25)35-20-23-10-4-2-5-11-23/h2-19,22H,20-21H2,1H3,(H,32,33)/t22-/m0/s1. The van der Waals surface area contributed by atoms with E-state index in [1.165, 1.54) is 11.8 Å². The van der Waals surface area contributed by atoms with E-state index >= 15 is 0 Å². The number of anilines is 1. The maximum absolute atomic E-state index is 13.1. The third kappa shape index (κ3) is 6.10. The molecule has 6 heteroatoms. The topological polar surface area (TPSA) is 76.1 Å². The van der Waals surface area contributed by atoms with E-state index in [9.17, 15) is 14.7 Å². The minimum atomic E-state index is -1.14. The van der Waals surface area contributed by atoms with E-state index < -0.39 is 18.1 Å². The lowest BCUT2D eigenvalue weighted by atomic mass is 10.0. The van der Waals surface area contributed by atoms with Gasteiger partial charge in [-0.1, -0.05) is 91.0 Å². The molecular weight excluding hydrogens is 454 g/mol. The van der Waals surface area contributed by atoms with Gasteiger partial charge >= 0.3 is 12.1 Å². The molecule has 0 fully saturated rings. The van der Waals surface area contributed by atoms with E-state index in [4.69, 9.17) is 9.47 Å². The smallest absolute Gasteiger partial charge is 0.415 e. The number of carbonyl (C=O) groups is 2. The van der Waals surface area contributed by atoms with E-state index in [-0.39, 0.29) is 6.61 Å². The Balaban J connectivity index is 1.57. The number of hydrogen-bond acceptors (Lipinski definition) is 4. The molecule has 36 heavy (non-hydrogen) atoms. The van der Waals surface area contributed by atoms with E-state index in [1.807, 2.05) is 97.1 Å². The van der Waals surface area contributed by atoms with Crippen LogP contribution in [0.2, 0.25) is 0 Å². The summed E-state index contributed by atoms with van der Waals surface area (Å²) in [5.41, 5.74) is 3.85. The number of ether oxygens (including phenoxy) is 2. The molecule has 0 aliphatic rings. The summed E-state index contributed by atoms with van der Waals surface area (Å²) in [5.74, 6) is -0.427. The number of carboxylic acid groups (broad SMARTS) is 1. The summed E-state index contributed by atoms with van der Waals surface area (Å²) in [6, 6.07) is 32.7. The summed E-state index contributed by atoms with van der Waals surface area (Å²) < 4.78 is 11.4. The van der Waals surface area contributed by atoms with Crippen LogP contribution in [0.25, 0.3) is 11.1 Å². The molecule has 0 aromatic heterocycles. The van der Waals surface area contributed by atoms with Crippen LogP contribution < -0.4 is 9.64 Å². The highest BCUT2D eigenvalue weighted by Gasteiger charge is 2.30. The van der Waals surface area contributed by atoms with Crippen molar-refractivity contribution < 1.29 is 24.2 Å². The van der Waals surface area contributed by atoms with Crippen LogP contribution >= 0.6 is 0 Å². The second-order valence-corrected chi connectivity index (χ2v) is 8.24. The predicted octanol–water partition coefficient (Wildman–Crippen LogP) is 6.55. The van der Waals surface area contributed by atoms with Crippen LogP contribution in [0.4, 0.5) is 10.5 Å². The fraction of sp³-hybridized carbons (Fsp3) is 0.133. The summed E-state index contributed by atoms with van der Waals surface area (Å²) in [6.45, 7) is 1.95. The minimum Gasteiger partial charge on any atom is -0.489 e. The molecule has 0 saturated carbocycles. The van der Waals surface area contributed by atoms with E-state index in [0.29, 0.717) is 23.6 Å². The average Bonchev–Trinajstić information content (AvgIpc) is 2.92. The Morgan fingerprint density at radius 1 is 0.750 bits per heavy atom. The van der Waals surface area contributed by atoms with Gasteiger partial charge in [-0.3, -0.25) is 4.90 Å². The zero-order valence-electron chi connectivity index (χ0n) is 19.9. The summed E-state index contributed by atoms with van der Waals surface area (Å²) in [7, 11) is 0. The van der Waals surface area contributed by atoms with Crippen molar-refractivity contribution in [3.63, 3.8) is 0 Å².